The number of halogens is 1. The summed E-state index contributed by atoms with van der Waals surface area (Å²) in [4.78, 5) is 31.9. The third kappa shape index (κ3) is 5.33. The number of nitrogens with one attached hydrogen (secondary N) is 1. The second-order valence-corrected chi connectivity index (χ2v) is 14.0. The molecule has 3 aromatic carbocycles. The fraction of sp³-hybridized carbons (Fsp3) is 0.220. The van der Waals surface area contributed by atoms with Gasteiger partial charge in [0.25, 0.3) is 0 Å². The van der Waals surface area contributed by atoms with Crippen LogP contribution in [0.15, 0.2) is 126 Å². The lowest BCUT2D eigenvalue weighted by molar-refractivity contribution is -0.148. The van der Waals surface area contributed by atoms with Gasteiger partial charge in [-0.1, -0.05) is 103 Å². The van der Waals surface area contributed by atoms with E-state index in [9.17, 15) is 9.90 Å². The Morgan fingerprint density at radius 3 is 2.02 bits per heavy atom. The quantitative estimate of drug-likeness (QED) is 0.142. The predicted octanol–water partition coefficient (Wildman–Crippen LogP) is 8.34. The molecule has 3 fully saturated rings. The number of carboxylic acids is 1. The summed E-state index contributed by atoms with van der Waals surface area (Å²) >= 11 is 6.67. The lowest BCUT2D eigenvalue weighted by Gasteiger charge is -2.47. The normalized spacial score (nSPS) is 19.9. The first-order valence-electron chi connectivity index (χ1n) is 17.5. The van der Waals surface area contributed by atoms with Gasteiger partial charge in [-0.2, -0.15) is 5.10 Å². The van der Waals surface area contributed by atoms with Gasteiger partial charge < -0.3 is 14.8 Å². The zero-order valence-electron chi connectivity index (χ0n) is 28.0. The average Bonchev–Trinajstić information content (AvgIpc) is 3.86. The van der Waals surface area contributed by atoms with E-state index >= 15 is 0 Å². The molecule has 3 saturated carbocycles. The molecular formula is C41H34ClN7O3. The summed E-state index contributed by atoms with van der Waals surface area (Å²) in [5.41, 5.74) is 3.42. The van der Waals surface area contributed by atoms with Crippen molar-refractivity contribution in [3.8, 4) is 23.1 Å². The maximum Gasteiger partial charge on any atom is 0.308 e. The minimum atomic E-state index is -0.974. The number of oxazole rings is 1. The molecule has 10 rings (SSSR count). The van der Waals surface area contributed by atoms with Crippen LogP contribution in [0.4, 0.5) is 5.82 Å². The van der Waals surface area contributed by atoms with E-state index in [4.69, 9.17) is 36.1 Å². The van der Waals surface area contributed by atoms with Gasteiger partial charge >= 0.3 is 5.97 Å². The lowest BCUT2D eigenvalue weighted by atomic mass is 9.61. The SMILES string of the molecule is O=C(O)C1C2CCC(CC2)C1Nc1cc(-c2ncco2)nc(-c2nn(C(c3ccccc3)(c3ccccc3)c3ccccc3)c3ncc(Cl)cc23)n1. The van der Waals surface area contributed by atoms with Crippen molar-refractivity contribution in [2.45, 2.75) is 37.3 Å². The van der Waals surface area contributed by atoms with Crippen LogP contribution in [0, 0.1) is 17.8 Å². The number of aliphatic carboxylic acids is 1. The second kappa shape index (κ2) is 13.0. The smallest absolute Gasteiger partial charge is 0.308 e. The summed E-state index contributed by atoms with van der Waals surface area (Å²) in [6, 6.07) is 34.1. The molecule has 52 heavy (non-hydrogen) atoms. The molecule has 0 saturated heterocycles. The number of benzene rings is 3. The van der Waals surface area contributed by atoms with Crippen LogP contribution in [0.3, 0.4) is 0 Å². The number of aromatic nitrogens is 6. The molecule has 10 nitrogen and oxygen atoms in total. The molecule has 0 spiro atoms. The second-order valence-electron chi connectivity index (χ2n) is 13.6. The fourth-order valence-corrected chi connectivity index (χ4v) is 8.71. The van der Waals surface area contributed by atoms with Crippen molar-refractivity contribution in [3.05, 3.63) is 143 Å². The molecule has 2 bridgehead atoms. The Morgan fingerprint density at radius 2 is 1.44 bits per heavy atom. The number of rotatable bonds is 9. The third-order valence-electron chi connectivity index (χ3n) is 10.8. The monoisotopic (exact) mass is 707 g/mol. The number of anilines is 1. The molecular weight excluding hydrogens is 674 g/mol. The van der Waals surface area contributed by atoms with Crippen molar-refractivity contribution in [1.82, 2.24) is 29.7 Å². The Labute approximate surface area is 304 Å². The first-order chi connectivity index (χ1) is 25.5. The van der Waals surface area contributed by atoms with E-state index in [0.717, 1.165) is 42.4 Å². The van der Waals surface area contributed by atoms with Gasteiger partial charge in [0.2, 0.25) is 5.89 Å². The number of hydrogen-bond donors (Lipinski definition) is 2. The highest BCUT2D eigenvalue weighted by atomic mass is 35.5. The Bertz CT molecular complexity index is 2260. The minimum Gasteiger partial charge on any atom is -0.481 e. The van der Waals surface area contributed by atoms with Gasteiger partial charge in [0.1, 0.15) is 29.0 Å². The number of pyridine rings is 1. The number of carboxylic acid groups (broad SMARTS) is 1. The Balaban J connectivity index is 1.30. The van der Waals surface area contributed by atoms with Crippen LogP contribution >= 0.6 is 11.6 Å². The Hall–Kier alpha value is -5.87. The number of carbonyl (C=O) groups is 1. The van der Waals surface area contributed by atoms with Crippen LogP contribution in [0.5, 0.6) is 0 Å². The molecule has 3 aliphatic carbocycles. The van der Waals surface area contributed by atoms with Crippen LogP contribution in [-0.2, 0) is 10.3 Å². The maximum absolute atomic E-state index is 12.6. The highest BCUT2D eigenvalue weighted by molar-refractivity contribution is 6.31. The van der Waals surface area contributed by atoms with Gasteiger partial charge in [-0.05, 0) is 60.3 Å². The van der Waals surface area contributed by atoms with Gasteiger partial charge in [-0.3, -0.25) is 4.79 Å². The largest absolute Gasteiger partial charge is 0.481 e. The fourth-order valence-electron chi connectivity index (χ4n) is 8.55. The molecule has 0 amide bonds. The van der Waals surface area contributed by atoms with E-state index in [-0.39, 0.29) is 17.9 Å². The number of nitrogens with zero attached hydrogens (tertiary/aromatic N) is 6. The molecule has 3 aliphatic rings. The molecule has 2 atom stereocenters. The Morgan fingerprint density at radius 1 is 0.827 bits per heavy atom. The van der Waals surface area contributed by atoms with Crippen molar-refractivity contribution in [3.63, 3.8) is 0 Å². The van der Waals surface area contributed by atoms with Crippen LogP contribution < -0.4 is 5.32 Å². The number of fused-ring (bicyclic) bond motifs is 4. The highest BCUT2D eigenvalue weighted by Gasteiger charge is 2.47. The van der Waals surface area contributed by atoms with Gasteiger partial charge in [0.05, 0.1) is 22.5 Å². The summed E-state index contributed by atoms with van der Waals surface area (Å²) in [6.45, 7) is 0. The van der Waals surface area contributed by atoms with E-state index in [2.05, 4.69) is 46.7 Å². The van der Waals surface area contributed by atoms with Gasteiger partial charge in [-0.15, -0.1) is 0 Å². The number of hydrogen-bond acceptors (Lipinski definition) is 8. The third-order valence-corrected chi connectivity index (χ3v) is 11.0. The van der Waals surface area contributed by atoms with Crippen molar-refractivity contribution < 1.29 is 14.3 Å². The molecule has 2 unspecified atom stereocenters. The van der Waals surface area contributed by atoms with Crippen molar-refractivity contribution in [2.24, 2.45) is 17.8 Å². The van der Waals surface area contributed by atoms with Gasteiger partial charge in [0, 0.05) is 18.3 Å². The molecule has 0 radical (unpaired) electrons. The van der Waals surface area contributed by atoms with E-state index in [1.165, 1.54) is 6.26 Å². The maximum atomic E-state index is 12.6. The zero-order chi connectivity index (χ0) is 35.2. The summed E-state index contributed by atoms with van der Waals surface area (Å²) in [5.74, 6) is 0.130. The first kappa shape index (κ1) is 32.1. The summed E-state index contributed by atoms with van der Waals surface area (Å²) in [6.07, 6.45) is 8.50. The van der Waals surface area contributed by atoms with Crippen LogP contribution in [0.1, 0.15) is 42.4 Å². The van der Waals surface area contributed by atoms with Crippen LogP contribution in [-0.4, -0.2) is 46.8 Å². The van der Waals surface area contributed by atoms with Crippen molar-refractivity contribution >= 4 is 34.4 Å². The molecule has 4 aromatic heterocycles. The van der Waals surface area contributed by atoms with E-state index in [1.807, 2.05) is 65.3 Å². The van der Waals surface area contributed by atoms with Crippen LogP contribution in [0.2, 0.25) is 5.02 Å². The molecule has 7 aromatic rings. The standard InChI is InChI=1S/C41H34ClN7O3/c42-30-22-31-36(37-45-32(39-43-20-21-52-39)23-33(47-37)46-35-26-18-16-25(17-19-26)34(35)40(50)51)48-49(38(31)44-24-30)41(27-10-4-1-5-11-27,28-12-6-2-7-13-28)29-14-8-3-9-15-29/h1-15,20-26,34-35H,16-19H2,(H,50,51)(H,45,46,47). The summed E-state index contributed by atoms with van der Waals surface area (Å²) in [7, 11) is 0. The molecule has 258 valence electrons. The van der Waals surface area contributed by atoms with Crippen molar-refractivity contribution in [2.75, 3.05) is 5.32 Å². The van der Waals surface area contributed by atoms with Gasteiger partial charge in [0.15, 0.2) is 11.5 Å². The summed E-state index contributed by atoms with van der Waals surface area (Å²) < 4.78 is 7.67. The predicted molar refractivity (Wildman–Crippen MR) is 198 cm³/mol. The van der Waals surface area contributed by atoms with Crippen molar-refractivity contribution in [1.29, 1.82) is 0 Å². The molecule has 0 aliphatic heterocycles. The topological polar surface area (TPSA) is 132 Å². The minimum absolute atomic E-state index is 0.127. The molecule has 11 heteroatoms. The van der Waals surface area contributed by atoms with E-state index in [1.54, 1.807) is 18.5 Å². The van der Waals surface area contributed by atoms with Crippen LogP contribution in [0.25, 0.3) is 34.1 Å². The first-order valence-corrected chi connectivity index (χ1v) is 17.9. The molecule has 2 N–H and O–H groups in total. The van der Waals surface area contributed by atoms with E-state index in [0.29, 0.717) is 45.0 Å². The Kier molecular flexibility index (Phi) is 8.03. The molecule has 4 heterocycles. The lowest BCUT2D eigenvalue weighted by Crippen LogP contribution is -2.51. The van der Waals surface area contributed by atoms with E-state index < -0.39 is 17.4 Å². The zero-order valence-corrected chi connectivity index (χ0v) is 28.8. The van der Waals surface area contributed by atoms with Gasteiger partial charge in [-0.25, -0.2) is 24.6 Å². The average molecular weight is 708 g/mol. The summed E-state index contributed by atoms with van der Waals surface area (Å²) in [5, 5.41) is 20.3. The highest BCUT2D eigenvalue weighted by Crippen LogP contribution is 2.47.